The maximum atomic E-state index is 5.55. The van der Waals surface area contributed by atoms with Crippen molar-refractivity contribution in [2.45, 2.75) is 25.4 Å². The zero-order valence-electron chi connectivity index (χ0n) is 10.8. The molecule has 2 rings (SSSR count). The highest BCUT2D eigenvalue weighted by molar-refractivity contribution is 5.45. The third kappa shape index (κ3) is 2.96. The molecule has 2 N–H and O–H groups in total. The molecule has 1 aliphatic heterocycles. The van der Waals surface area contributed by atoms with Gasteiger partial charge >= 0.3 is 0 Å². The van der Waals surface area contributed by atoms with Crippen LogP contribution in [-0.2, 0) is 6.54 Å². The lowest BCUT2D eigenvalue weighted by Crippen LogP contribution is -2.45. The Bertz CT molecular complexity index is 349. The van der Waals surface area contributed by atoms with Gasteiger partial charge in [0.2, 0.25) is 0 Å². The first-order valence-electron chi connectivity index (χ1n) is 6.27. The van der Waals surface area contributed by atoms with Crippen LogP contribution in [0.15, 0.2) is 18.3 Å². The summed E-state index contributed by atoms with van der Waals surface area (Å²) in [4.78, 5) is 9.08. The lowest BCUT2D eigenvalue weighted by molar-refractivity contribution is 0.248. The number of nitrogens with two attached hydrogens (primary N) is 1. The predicted molar refractivity (Wildman–Crippen MR) is 71.1 cm³/mol. The molecule has 17 heavy (non-hydrogen) atoms. The van der Waals surface area contributed by atoms with E-state index in [1.165, 1.54) is 25.1 Å². The third-order valence-electron chi connectivity index (χ3n) is 3.57. The fraction of sp³-hybridized carbons (Fsp3) is 0.615. The molecular formula is C13H22N4. The van der Waals surface area contributed by atoms with E-state index in [9.17, 15) is 0 Å². The summed E-state index contributed by atoms with van der Waals surface area (Å²) in [5.41, 5.74) is 7.68. The van der Waals surface area contributed by atoms with Gasteiger partial charge in [-0.2, -0.15) is 0 Å². The van der Waals surface area contributed by atoms with Crippen LogP contribution in [-0.4, -0.2) is 43.1 Å². The highest BCUT2D eigenvalue weighted by Crippen LogP contribution is 2.20. The number of piperidine rings is 1. The van der Waals surface area contributed by atoms with E-state index in [4.69, 9.17) is 5.73 Å². The second-order valence-electron chi connectivity index (χ2n) is 4.88. The molecule has 1 fully saturated rings. The lowest BCUT2D eigenvalue weighted by Gasteiger charge is -2.37. The van der Waals surface area contributed by atoms with Crippen molar-refractivity contribution in [2.75, 3.05) is 32.1 Å². The number of hydrogen-bond donors (Lipinski definition) is 1. The van der Waals surface area contributed by atoms with Crippen LogP contribution in [0.2, 0.25) is 0 Å². The smallest absolute Gasteiger partial charge is 0.0553 e. The molecule has 0 radical (unpaired) electrons. The van der Waals surface area contributed by atoms with Crippen LogP contribution in [0.25, 0.3) is 0 Å². The molecule has 0 aromatic carbocycles. The Morgan fingerprint density at radius 1 is 1.53 bits per heavy atom. The summed E-state index contributed by atoms with van der Waals surface area (Å²) in [6, 6.07) is 4.72. The van der Waals surface area contributed by atoms with Crippen LogP contribution >= 0.6 is 0 Å². The maximum absolute atomic E-state index is 5.55. The molecule has 94 valence electrons. The molecule has 1 atom stereocenters. The summed E-state index contributed by atoms with van der Waals surface area (Å²) in [5, 5.41) is 0. The Hall–Kier alpha value is -1.13. The van der Waals surface area contributed by atoms with E-state index < -0.39 is 0 Å². The zero-order chi connectivity index (χ0) is 12.3. The van der Waals surface area contributed by atoms with Gasteiger partial charge in [0.1, 0.15) is 0 Å². The van der Waals surface area contributed by atoms with Crippen LogP contribution < -0.4 is 10.6 Å². The minimum absolute atomic E-state index is 0.510. The van der Waals surface area contributed by atoms with Crippen molar-refractivity contribution in [2.24, 2.45) is 5.73 Å². The normalized spacial score (nSPS) is 21.5. The maximum Gasteiger partial charge on any atom is 0.0553 e. The second-order valence-corrected chi connectivity index (χ2v) is 4.88. The molecule has 1 saturated heterocycles. The van der Waals surface area contributed by atoms with E-state index in [2.05, 4.69) is 34.9 Å². The van der Waals surface area contributed by atoms with E-state index in [0.717, 1.165) is 12.2 Å². The largest absolute Gasteiger partial charge is 0.369 e. The Kier molecular flexibility index (Phi) is 3.97. The summed E-state index contributed by atoms with van der Waals surface area (Å²) in [5.74, 6) is 0. The molecule has 4 nitrogen and oxygen atoms in total. The van der Waals surface area contributed by atoms with Crippen LogP contribution in [0.1, 0.15) is 18.5 Å². The molecule has 4 heteroatoms. The molecule has 0 bridgehead atoms. The topological polar surface area (TPSA) is 45.4 Å². The van der Waals surface area contributed by atoms with E-state index in [1.807, 2.05) is 12.3 Å². The molecule has 0 saturated carbocycles. The van der Waals surface area contributed by atoms with Gasteiger partial charge in [-0.15, -0.1) is 0 Å². The van der Waals surface area contributed by atoms with Gasteiger partial charge in [0, 0.05) is 26.2 Å². The molecule has 2 heterocycles. The van der Waals surface area contributed by atoms with E-state index in [0.29, 0.717) is 12.6 Å². The van der Waals surface area contributed by atoms with Crippen molar-refractivity contribution < 1.29 is 0 Å². The number of nitrogens with zero attached hydrogens (tertiary/aromatic N) is 3. The first-order valence-corrected chi connectivity index (χ1v) is 6.27. The van der Waals surface area contributed by atoms with Gasteiger partial charge in [-0.3, -0.25) is 4.98 Å². The Labute approximate surface area is 103 Å². The number of anilines is 1. The second kappa shape index (κ2) is 5.47. The van der Waals surface area contributed by atoms with Gasteiger partial charge < -0.3 is 15.5 Å². The minimum atomic E-state index is 0.510. The first kappa shape index (κ1) is 12.3. The number of likely N-dealkylation sites (N-methyl/N-ethyl adjacent to an activating group) is 2. The quantitative estimate of drug-likeness (QED) is 0.850. The molecule has 0 spiro atoms. The molecule has 1 unspecified atom stereocenters. The molecule has 0 aliphatic carbocycles. The van der Waals surface area contributed by atoms with Crippen LogP contribution in [0.5, 0.6) is 0 Å². The van der Waals surface area contributed by atoms with Gasteiger partial charge in [-0.1, -0.05) is 0 Å². The first-order chi connectivity index (χ1) is 8.20. The molecular weight excluding hydrogens is 212 g/mol. The van der Waals surface area contributed by atoms with Crippen molar-refractivity contribution in [1.29, 1.82) is 0 Å². The van der Waals surface area contributed by atoms with E-state index in [-0.39, 0.29) is 0 Å². The van der Waals surface area contributed by atoms with Gasteiger partial charge in [0.05, 0.1) is 17.6 Å². The number of pyridine rings is 1. The molecule has 1 aliphatic rings. The molecule has 1 aromatic rings. The van der Waals surface area contributed by atoms with Crippen molar-refractivity contribution in [1.82, 2.24) is 9.88 Å². The van der Waals surface area contributed by atoms with Crippen molar-refractivity contribution in [3.05, 3.63) is 24.0 Å². The van der Waals surface area contributed by atoms with Crippen LogP contribution in [0, 0.1) is 0 Å². The number of hydrogen-bond acceptors (Lipinski definition) is 4. The summed E-state index contributed by atoms with van der Waals surface area (Å²) < 4.78 is 0. The third-order valence-corrected chi connectivity index (χ3v) is 3.57. The number of aromatic nitrogens is 1. The number of likely N-dealkylation sites (tertiary alicyclic amines) is 1. The number of rotatable bonds is 3. The highest BCUT2D eigenvalue weighted by atomic mass is 15.2. The summed E-state index contributed by atoms with van der Waals surface area (Å²) >= 11 is 0. The zero-order valence-corrected chi connectivity index (χ0v) is 10.8. The van der Waals surface area contributed by atoms with Crippen LogP contribution in [0.3, 0.4) is 0 Å². The van der Waals surface area contributed by atoms with Gasteiger partial charge in [-0.05, 0) is 38.6 Å². The van der Waals surface area contributed by atoms with Gasteiger partial charge in [0.15, 0.2) is 0 Å². The Morgan fingerprint density at radius 2 is 2.35 bits per heavy atom. The SMILES string of the molecule is CN1CCCC(N(C)c2ccc(CN)nc2)C1. The van der Waals surface area contributed by atoms with Gasteiger partial charge in [-0.25, -0.2) is 0 Å². The monoisotopic (exact) mass is 234 g/mol. The predicted octanol–water partition coefficient (Wildman–Crippen LogP) is 1.07. The van der Waals surface area contributed by atoms with Crippen molar-refractivity contribution >= 4 is 5.69 Å². The van der Waals surface area contributed by atoms with Crippen molar-refractivity contribution in [3.8, 4) is 0 Å². The van der Waals surface area contributed by atoms with E-state index in [1.54, 1.807) is 0 Å². The fourth-order valence-electron chi connectivity index (χ4n) is 2.41. The fourth-order valence-corrected chi connectivity index (χ4v) is 2.41. The van der Waals surface area contributed by atoms with Crippen LogP contribution in [0.4, 0.5) is 5.69 Å². The molecule has 1 aromatic heterocycles. The average Bonchev–Trinajstić information content (AvgIpc) is 2.38. The Balaban J connectivity index is 2.04. The minimum Gasteiger partial charge on any atom is -0.369 e. The summed E-state index contributed by atoms with van der Waals surface area (Å²) in [6.07, 6.45) is 4.47. The highest BCUT2D eigenvalue weighted by Gasteiger charge is 2.21. The molecule has 0 amide bonds. The van der Waals surface area contributed by atoms with E-state index >= 15 is 0 Å². The average molecular weight is 234 g/mol. The van der Waals surface area contributed by atoms with Crippen molar-refractivity contribution in [3.63, 3.8) is 0 Å². The Morgan fingerprint density at radius 3 is 2.94 bits per heavy atom. The standard InChI is InChI=1S/C13H22N4/c1-16-7-3-4-13(10-16)17(2)12-6-5-11(8-14)15-9-12/h5-6,9,13H,3-4,7-8,10,14H2,1-2H3. The lowest BCUT2D eigenvalue weighted by atomic mass is 10.0. The summed E-state index contributed by atoms with van der Waals surface area (Å²) in [7, 11) is 4.35. The van der Waals surface area contributed by atoms with Gasteiger partial charge in [0.25, 0.3) is 0 Å². The summed E-state index contributed by atoms with van der Waals surface area (Å²) in [6.45, 7) is 2.86.